The molecule has 0 fully saturated rings. The molecule has 1 rings (SSSR count). The Labute approximate surface area is 119 Å². The van der Waals surface area contributed by atoms with E-state index in [9.17, 15) is 0 Å². The zero-order valence-corrected chi connectivity index (χ0v) is 13.0. The maximum Gasteiger partial charge on any atom is 0.0472 e. The topological polar surface area (TPSA) is 15.3 Å². The van der Waals surface area contributed by atoms with Crippen LogP contribution in [0.5, 0.6) is 0 Å². The molecule has 1 aromatic carbocycles. The molecule has 1 N–H and O–H groups in total. The van der Waals surface area contributed by atoms with E-state index in [1.165, 1.54) is 24.9 Å². The van der Waals surface area contributed by atoms with Crippen molar-refractivity contribution in [1.82, 2.24) is 10.2 Å². The molecule has 2 nitrogen and oxygen atoms in total. The fraction of sp³-hybridized carbons (Fsp3) is 0.647. The first kappa shape index (κ1) is 16.2. The van der Waals surface area contributed by atoms with Gasteiger partial charge in [-0.2, -0.15) is 0 Å². The second kappa shape index (κ2) is 9.11. The third-order valence-corrected chi connectivity index (χ3v) is 3.55. The highest BCUT2D eigenvalue weighted by Gasteiger charge is 2.18. The van der Waals surface area contributed by atoms with Crippen LogP contribution in [0.2, 0.25) is 0 Å². The fourth-order valence-electron chi connectivity index (χ4n) is 2.38. The summed E-state index contributed by atoms with van der Waals surface area (Å²) in [6.07, 6.45) is 2.54. The summed E-state index contributed by atoms with van der Waals surface area (Å²) in [5, 5.41) is 3.59. The van der Waals surface area contributed by atoms with Crippen LogP contribution in [0.15, 0.2) is 30.3 Å². The highest BCUT2D eigenvalue weighted by atomic mass is 15.2. The highest BCUT2D eigenvalue weighted by Crippen LogP contribution is 2.20. The minimum atomic E-state index is 0.486. The van der Waals surface area contributed by atoms with Gasteiger partial charge < -0.3 is 5.32 Å². The molecule has 0 amide bonds. The molecular formula is C17H30N2. The molecule has 0 saturated carbocycles. The van der Waals surface area contributed by atoms with Gasteiger partial charge in [0.05, 0.1) is 0 Å². The second-order valence-corrected chi connectivity index (χ2v) is 5.47. The number of likely N-dealkylation sites (N-methyl/N-ethyl adjacent to an activating group) is 1. The molecule has 0 heterocycles. The van der Waals surface area contributed by atoms with Crippen LogP contribution in [0.4, 0.5) is 0 Å². The van der Waals surface area contributed by atoms with Gasteiger partial charge in [0.15, 0.2) is 0 Å². The van der Waals surface area contributed by atoms with Crippen LogP contribution < -0.4 is 5.32 Å². The van der Waals surface area contributed by atoms with Gasteiger partial charge in [-0.3, -0.25) is 4.90 Å². The number of nitrogens with one attached hydrogen (secondary N) is 1. The average Bonchev–Trinajstić information content (AvgIpc) is 2.43. The van der Waals surface area contributed by atoms with Gasteiger partial charge in [0.2, 0.25) is 0 Å². The van der Waals surface area contributed by atoms with E-state index in [4.69, 9.17) is 0 Å². The van der Waals surface area contributed by atoms with Crippen LogP contribution in [0.25, 0.3) is 0 Å². The molecule has 0 aliphatic rings. The molecule has 0 saturated heterocycles. The zero-order chi connectivity index (χ0) is 14.1. The van der Waals surface area contributed by atoms with Crippen molar-refractivity contribution in [3.05, 3.63) is 35.9 Å². The van der Waals surface area contributed by atoms with Gasteiger partial charge in [0.1, 0.15) is 0 Å². The smallest absolute Gasteiger partial charge is 0.0472 e. The lowest BCUT2D eigenvalue weighted by molar-refractivity contribution is 0.197. The van der Waals surface area contributed by atoms with Gasteiger partial charge in [-0.1, -0.05) is 64.4 Å². The van der Waals surface area contributed by atoms with E-state index in [0.717, 1.165) is 13.1 Å². The van der Waals surface area contributed by atoms with Crippen LogP contribution in [-0.4, -0.2) is 30.6 Å². The molecule has 19 heavy (non-hydrogen) atoms. The van der Waals surface area contributed by atoms with Crippen molar-refractivity contribution >= 4 is 0 Å². The fourth-order valence-corrected chi connectivity index (χ4v) is 2.38. The zero-order valence-electron chi connectivity index (χ0n) is 13.0. The quantitative estimate of drug-likeness (QED) is 0.727. The Bertz CT molecular complexity index is 321. The van der Waals surface area contributed by atoms with Crippen LogP contribution in [-0.2, 0) is 0 Å². The molecule has 108 valence electrons. The highest BCUT2D eigenvalue weighted by molar-refractivity contribution is 5.19. The van der Waals surface area contributed by atoms with Crippen LogP contribution in [0.1, 0.15) is 52.1 Å². The largest absolute Gasteiger partial charge is 0.313 e. The Kier molecular flexibility index (Phi) is 7.76. The third-order valence-electron chi connectivity index (χ3n) is 3.55. The van der Waals surface area contributed by atoms with Crippen molar-refractivity contribution in [3.63, 3.8) is 0 Å². The van der Waals surface area contributed by atoms with Crippen LogP contribution in [0, 0.1) is 0 Å². The number of nitrogens with zero attached hydrogens (tertiary/aromatic N) is 1. The monoisotopic (exact) mass is 262 g/mol. The number of benzene rings is 1. The summed E-state index contributed by atoms with van der Waals surface area (Å²) in [5.74, 6) is 0. The standard InChI is InChI=1S/C17H30N2/c1-5-7-13-19(6-2)17(14-18-15(3)4)16-11-9-8-10-12-16/h8-12,15,17-18H,5-7,13-14H2,1-4H3. The summed E-state index contributed by atoms with van der Waals surface area (Å²) in [5.41, 5.74) is 1.42. The first-order chi connectivity index (χ1) is 9.19. The Morgan fingerprint density at radius 2 is 1.79 bits per heavy atom. The van der Waals surface area contributed by atoms with Gasteiger partial charge >= 0.3 is 0 Å². The van der Waals surface area contributed by atoms with E-state index in [1.54, 1.807) is 0 Å². The van der Waals surface area contributed by atoms with Crippen molar-refractivity contribution in [2.24, 2.45) is 0 Å². The van der Waals surface area contributed by atoms with E-state index >= 15 is 0 Å². The van der Waals surface area contributed by atoms with E-state index in [-0.39, 0.29) is 0 Å². The van der Waals surface area contributed by atoms with E-state index in [1.807, 2.05) is 0 Å². The van der Waals surface area contributed by atoms with E-state index in [0.29, 0.717) is 12.1 Å². The third kappa shape index (κ3) is 5.75. The lowest BCUT2D eigenvalue weighted by atomic mass is 10.0. The number of unbranched alkanes of at least 4 members (excludes halogenated alkanes) is 1. The Morgan fingerprint density at radius 3 is 2.32 bits per heavy atom. The number of hydrogen-bond donors (Lipinski definition) is 1. The van der Waals surface area contributed by atoms with Gasteiger partial charge in [-0.05, 0) is 25.1 Å². The summed E-state index contributed by atoms with van der Waals surface area (Å²) >= 11 is 0. The summed E-state index contributed by atoms with van der Waals surface area (Å²) in [6.45, 7) is 12.3. The minimum absolute atomic E-state index is 0.486. The Hall–Kier alpha value is -0.860. The summed E-state index contributed by atoms with van der Waals surface area (Å²) in [7, 11) is 0. The van der Waals surface area contributed by atoms with Crippen molar-refractivity contribution in [2.75, 3.05) is 19.6 Å². The molecule has 0 aromatic heterocycles. The van der Waals surface area contributed by atoms with Crippen molar-refractivity contribution in [1.29, 1.82) is 0 Å². The maximum atomic E-state index is 3.59. The van der Waals surface area contributed by atoms with Gasteiger partial charge in [0, 0.05) is 18.6 Å². The molecule has 0 bridgehead atoms. The molecule has 0 radical (unpaired) electrons. The second-order valence-electron chi connectivity index (χ2n) is 5.47. The summed E-state index contributed by atoms with van der Waals surface area (Å²) in [4.78, 5) is 2.59. The molecule has 1 unspecified atom stereocenters. The van der Waals surface area contributed by atoms with Crippen molar-refractivity contribution in [2.45, 2.75) is 52.6 Å². The maximum absolute atomic E-state index is 3.59. The lowest BCUT2D eigenvalue weighted by Gasteiger charge is -2.32. The minimum Gasteiger partial charge on any atom is -0.313 e. The van der Waals surface area contributed by atoms with Crippen LogP contribution in [0.3, 0.4) is 0 Å². The number of hydrogen-bond acceptors (Lipinski definition) is 2. The van der Waals surface area contributed by atoms with Gasteiger partial charge in [-0.15, -0.1) is 0 Å². The summed E-state index contributed by atoms with van der Waals surface area (Å²) < 4.78 is 0. The molecule has 1 aromatic rings. The first-order valence-corrected chi connectivity index (χ1v) is 7.71. The lowest BCUT2D eigenvalue weighted by Crippen LogP contribution is -2.38. The van der Waals surface area contributed by atoms with Gasteiger partial charge in [-0.25, -0.2) is 0 Å². The first-order valence-electron chi connectivity index (χ1n) is 7.71. The molecule has 0 spiro atoms. The molecule has 0 aliphatic heterocycles. The van der Waals surface area contributed by atoms with E-state index in [2.05, 4.69) is 68.2 Å². The molecule has 1 atom stereocenters. The Morgan fingerprint density at radius 1 is 1.11 bits per heavy atom. The Balaban J connectivity index is 2.77. The SMILES string of the molecule is CCCCN(CC)C(CNC(C)C)c1ccccc1. The normalized spacial score (nSPS) is 13.2. The predicted molar refractivity (Wildman–Crippen MR) is 84.5 cm³/mol. The van der Waals surface area contributed by atoms with Crippen molar-refractivity contribution in [3.8, 4) is 0 Å². The molecular weight excluding hydrogens is 232 g/mol. The van der Waals surface area contributed by atoms with Crippen molar-refractivity contribution < 1.29 is 0 Å². The number of rotatable bonds is 9. The predicted octanol–water partition coefficient (Wildman–Crippen LogP) is 3.85. The summed E-state index contributed by atoms with van der Waals surface area (Å²) in [6, 6.07) is 11.9. The van der Waals surface area contributed by atoms with Gasteiger partial charge in [0.25, 0.3) is 0 Å². The van der Waals surface area contributed by atoms with E-state index < -0.39 is 0 Å². The average molecular weight is 262 g/mol. The van der Waals surface area contributed by atoms with Crippen LogP contribution >= 0.6 is 0 Å². The molecule has 2 heteroatoms. The molecule has 0 aliphatic carbocycles.